The number of rotatable bonds is 6. The van der Waals surface area contributed by atoms with Crippen LogP contribution in [0.2, 0.25) is 0 Å². The number of ether oxygens (including phenoxy) is 2. The van der Waals surface area contributed by atoms with E-state index in [4.69, 9.17) is 9.47 Å². The molecule has 0 spiro atoms. The zero-order valence-electron chi connectivity index (χ0n) is 15.2. The van der Waals surface area contributed by atoms with Crippen LogP contribution in [0.25, 0.3) is 0 Å². The summed E-state index contributed by atoms with van der Waals surface area (Å²) in [4.78, 5) is 29.3. The number of hydrogen-bond acceptors (Lipinski definition) is 6. The lowest BCUT2D eigenvalue weighted by atomic mass is 9.99. The van der Waals surface area contributed by atoms with Gasteiger partial charge in [-0.2, -0.15) is 0 Å². The fourth-order valence-electron chi connectivity index (χ4n) is 3.27. The molecule has 0 aliphatic carbocycles. The molecule has 0 bridgehead atoms. The fraction of sp³-hybridized carbons (Fsp3) is 0.882. The molecule has 0 aromatic heterocycles. The van der Waals surface area contributed by atoms with Crippen molar-refractivity contribution in [3.8, 4) is 0 Å². The van der Waals surface area contributed by atoms with E-state index in [-0.39, 0.29) is 25.2 Å². The predicted octanol–water partition coefficient (Wildman–Crippen LogP) is 0.193. The van der Waals surface area contributed by atoms with E-state index in [0.717, 1.165) is 25.9 Å². The number of amides is 1. The van der Waals surface area contributed by atoms with E-state index in [9.17, 15) is 9.59 Å². The highest BCUT2D eigenvalue weighted by Crippen LogP contribution is 2.21. The Morgan fingerprint density at radius 1 is 1.00 bits per heavy atom. The molecule has 7 nitrogen and oxygen atoms in total. The molecule has 2 heterocycles. The van der Waals surface area contributed by atoms with Crippen molar-refractivity contribution in [3.63, 3.8) is 0 Å². The third-order valence-electron chi connectivity index (χ3n) is 4.97. The maximum Gasteiger partial charge on any atom is 0.332 e. The van der Waals surface area contributed by atoms with Gasteiger partial charge < -0.3 is 24.2 Å². The molecule has 2 saturated heterocycles. The van der Waals surface area contributed by atoms with E-state index in [2.05, 4.69) is 16.8 Å². The van der Waals surface area contributed by atoms with Crippen molar-refractivity contribution in [2.45, 2.75) is 37.8 Å². The molecule has 0 unspecified atom stereocenters. The Morgan fingerprint density at radius 2 is 1.62 bits per heavy atom. The number of nitrogens with zero attached hydrogens (tertiary/aromatic N) is 3. The quantitative estimate of drug-likeness (QED) is 0.643. The topological polar surface area (TPSA) is 62.3 Å². The molecule has 2 aliphatic rings. The fourth-order valence-corrected chi connectivity index (χ4v) is 3.27. The second kappa shape index (κ2) is 9.34. The molecule has 0 aromatic rings. The van der Waals surface area contributed by atoms with Crippen LogP contribution in [0.3, 0.4) is 0 Å². The van der Waals surface area contributed by atoms with Gasteiger partial charge in [0, 0.05) is 33.2 Å². The highest BCUT2D eigenvalue weighted by molar-refractivity contribution is 5.80. The van der Waals surface area contributed by atoms with Gasteiger partial charge >= 0.3 is 5.97 Å². The average Bonchev–Trinajstić information content (AvgIpc) is 2.59. The van der Waals surface area contributed by atoms with E-state index in [0.29, 0.717) is 6.04 Å². The summed E-state index contributed by atoms with van der Waals surface area (Å²) in [6.45, 7) is 4.14. The number of likely N-dealkylation sites (N-methyl/N-ethyl adjacent to an activating group) is 1. The third-order valence-corrected chi connectivity index (χ3v) is 4.97. The van der Waals surface area contributed by atoms with Crippen LogP contribution in [0.1, 0.15) is 25.7 Å². The minimum absolute atomic E-state index is 0.0698. The van der Waals surface area contributed by atoms with Gasteiger partial charge in [-0.05, 0) is 45.8 Å². The first kappa shape index (κ1) is 19.1. The van der Waals surface area contributed by atoms with Gasteiger partial charge in [0.25, 0.3) is 5.91 Å². The molecule has 1 amide bonds. The van der Waals surface area contributed by atoms with E-state index < -0.39 is 5.97 Å². The summed E-state index contributed by atoms with van der Waals surface area (Å²) in [7, 11) is 5.44. The van der Waals surface area contributed by atoms with Crippen LogP contribution in [0.15, 0.2) is 0 Å². The van der Waals surface area contributed by atoms with Crippen molar-refractivity contribution in [1.29, 1.82) is 0 Å². The molecule has 0 saturated carbocycles. The SMILES string of the molecule is CN1CCC(N2CCC(OCC(=O)OCC(=O)N(C)C)CC2)CC1. The average molecular weight is 341 g/mol. The van der Waals surface area contributed by atoms with E-state index >= 15 is 0 Å². The lowest BCUT2D eigenvalue weighted by Crippen LogP contribution is -2.48. The number of esters is 1. The lowest BCUT2D eigenvalue weighted by Gasteiger charge is -2.40. The van der Waals surface area contributed by atoms with Gasteiger partial charge in [-0.25, -0.2) is 4.79 Å². The maximum atomic E-state index is 11.6. The maximum absolute atomic E-state index is 11.6. The van der Waals surface area contributed by atoms with Gasteiger partial charge in [0.2, 0.25) is 0 Å². The lowest BCUT2D eigenvalue weighted by molar-refractivity contribution is -0.157. The van der Waals surface area contributed by atoms with Gasteiger partial charge in [0.05, 0.1) is 6.10 Å². The largest absolute Gasteiger partial charge is 0.454 e. The molecule has 2 aliphatic heterocycles. The van der Waals surface area contributed by atoms with E-state index in [1.54, 1.807) is 14.1 Å². The second-order valence-electron chi connectivity index (χ2n) is 7.03. The monoisotopic (exact) mass is 341 g/mol. The first-order valence-corrected chi connectivity index (χ1v) is 8.85. The Labute approximate surface area is 144 Å². The number of carbonyl (C=O) groups is 2. The van der Waals surface area contributed by atoms with Gasteiger partial charge in [0.15, 0.2) is 6.61 Å². The molecule has 0 radical (unpaired) electrons. The van der Waals surface area contributed by atoms with E-state index in [1.807, 2.05) is 0 Å². The molecule has 0 atom stereocenters. The molecule has 2 rings (SSSR count). The summed E-state index contributed by atoms with van der Waals surface area (Å²) in [5.41, 5.74) is 0. The van der Waals surface area contributed by atoms with Crippen molar-refractivity contribution in [1.82, 2.24) is 14.7 Å². The van der Waals surface area contributed by atoms with Crippen molar-refractivity contribution < 1.29 is 19.1 Å². The zero-order valence-corrected chi connectivity index (χ0v) is 15.2. The van der Waals surface area contributed by atoms with Crippen LogP contribution in [0.5, 0.6) is 0 Å². The molecule has 24 heavy (non-hydrogen) atoms. The highest BCUT2D eigenvalue weighted by atomic mass is 16.6. The van der Waals surface area contributed by atoms with Gasteiger partial charge in [-0.1, -0.05) is 0 Å². The van der Waals surface area contributed by atoms with Crippen molar-refractivity contribution in [3.05, 3.63) is 0 Å². The first-order chi connectivity index (χ1) is 11.5. The molecule has 138 valence electrons. The van der Waals surface area contributed by atoms with Crippen LogP contribution < -0.4 is 0 Å². The molecular formula is C17H31N3O4. The van der Waals surface area contributed by atoms with Crippen LogP contribution in [0.4, 0.5) is 0 Å². The molecule has 0 aromatic carbocycles. The molecular weight excluding hydrogens is 310 g/mol. The van der Waals surface area contributed by atoms with Crippen molar-refractivity contribution >= 4 is 11.9 Å². The summed E-state index contributed by atoms with van der Waals surface area (Å²) in [6.07, 6.45) is 4.51. The Morgan fingerprint density at radius 3 is 2.21 bits per heavy atom. The molecule has 0 N–H and O–H groups in total. The van der Waals surface area contributed by atoms with Gasteiger partial charge in [-0.15, -0.1) is 0 Å². The summed E-state index contributed by atoms with van der Waals surface area (Å²) < 4.78 is 10.6. The van der Waals surface area contributed by atoms with Crippen LogP contribution in [-0.4, -0.2) is 99.3 Å². The summed E-state index contributed by atoms with van der Waals surface area (Å²) in [5, 5.41) is 0. The van der Waals surface area contributed by atoms with Crippen LogP contribution >= 0.6 is 0 Å². The summed E-state index contributed by atoms with van der Waals surface area (Å²) in [6, 6.07) is 0.698. The molecule has 7 heteroatoms. The number of hydrogen-bond donors (Lipinski definition) is 0. The number of carbonyl (C=O) groups excluding carboxylic acids is 2. The summed E-state index contributed by atoms with van der Waals surface area (Å²) >= 11 is 0. The third kappa shape index (κ3) is 6.03. The minimum Gasteiger partial charge on any atom is -0.454 e. The van der Waals surface area contributed by atoms with Crippen molar-refractivity contribution in [2.75, 3.05) is 60.5 Å². The normalized spacial score (nSPS) is 21.6. The Bertz CT molecular complexity index is 414. The van der Waals surface area contributed by atoms with E-state index in [1.165, 1.54) is 30.8 Å². The first-order valence-electron chi connectivity index (χ1n) is 8.85. The minimum atomic E-state index is -0.469. The van der Waals surface area contributed by atoms with Crippen LogP contribution in [-0.2, 0) is 19.1 Å². The van der Waals surface area contributed by atoms with Crippen LogP contribution in [0, 0.1) is 0 Å². The second-order valence-corrected chi connectivity index (χ2v) is 7.03. The Kier molecular flexibility index (Phi) is 7.45. The smallest absolute Gasteiger partial charge is 0.332 e. The highest BCUT2D eigenvalue weighted by Gasteiger charge is 2.28. The molecule has 2 fully saturated rings. The van der Waals surface area contributed by atoms with Crippen molar-refractivity contribution in [2.24, 2.45) is 0 Å². The Balaban J connectivity index is 1.59. The predicted molar refractivity (Wildman–Crippen MR) is 90.7 cm³/mol. The van der Waals surface area contributed by atoms with Gasteiger partial charge in [0.1, 0.15) is 6.61 Å². The number of piperidine rings is 2. The summed E-state index contributed by atoms with van der Waals surface area (Å²) in [5.74, 6) is -0.697. The Hall–Kier alpha value is -1.18. The number of likely N-dealkylation sites (tertiary alicyclic amines) is 2. The standard InChI is InChI=1S/C17H31N3O4/c1-18(2)16(21)12-24-17(22)13-23-15-6-10-20(11-7-15)14-4-8-19(3)9-5-14/h14-15H,4-13H2,1-3H3. The zero-order chi connectivity index (χ0) is 17.5. The van der Waals surface area contributed by atoms with Gasteiger partial charge in [-0.3, -0.25) is 4.79 Å².